The molecule has 1 fully saturated rings. The van der Waals surface area contributed by atoms with Crippen molar-refractivity contribution in [1.29, 1.82) is 5.26 Å². The fourth-order valence-corrected chi connectivity index (χ4v) is 3.87. The van der Waals surface area contributed by atoms with Gasteiger partial charge in [-0.3, -0.25) is 4.79 Å². The number of hydrogen-bond donors (Lipinski definition) is 0. The molecular formula is C25H17ClF2N2O2. The number of nitrogens with zero attached hydrogens (tertiary/aromatic N) is 2. The summed E-state index contributed by atoms with van der Waals surface area (Å²) in [5.74, 6) is -2.17. The van der Waals surface area contributed by atoms with E-state index >= 15 is 0 Å². The number of anilines is 1. The molecule has 1 amide bonds. The van der Waals surface area contributed by atoms with Gasteiger partial charge in [0.2, 0.25) is 5.91 Å². The van der Waals surface area contributed by atoms with Gasteiger partial charge < -0.3 is 9.64 Å². The van der Waals surface area contributed by atoms with Gasteiger partial charge in [-0.2, -0.15) is 5.26 Å². The van der Waals surface area contributed by atoms with Crippen LogP contribution in [0.1, 0.15) is 29.0 Å². The van der Waals surface area contributed by atoms with Gasteiger partial charge in [0, 0.05) is 36.7 Å². The Hall–Kier alpha value is -3.69. The van der Waals surface area contributed by atoms with E-state index in [0.717, 1.165) is 22.9 Å². The minimum Gasteiger partial charge on any atom is -0.454 e. The lowest BCUT2D eigenvalue weighted by molar-refractivity contribution is -0.117. The van der Waals surface area contributed by atoms with Crippen molar-refractivity contribution in [3.8, 4) is 17.6 Å². The van der Waals surface area contributed by atoms with Gasteiger partial charge in [-0.15, -0.1) is 0 Å². The molecule has 4 nitrogen and oxygen atoms in total. The number of amides is 1. The van der Waals surface area contributed by atoms with E-state index in [1.54, 1.807) is 35.2 Å². The predicted octanol–water partition coefficient (Wildman–Crippen LogP) is 6.45. The van der Waals surface area contributed by atoms with Crippen LogP contribution in [0.3, 0.4) is 0 Å². The van der Waals surface area contributed by atoms with E-state index in [2.05, 4.69) is 6.58 Å². The average molecular weight is 451 g/mol. The molecule has 7 heteroatoms. The molecule has 1 saturated heterocycles. The molecule has 32 heavy (non-hydrogen) atoms. The molecule has 1 heterocycles. The Morgan fingerprint density at radius 1 is 1.16 bits per heavy atom. The predicted molar refractivity (Wildman–Crippen MR) is 119 cm³/mol. The lowest BCUT2D eigenvalue weighted by Crippen LogP contribution is -2.24. The van der Waals surface area contributed by atoms with E-state index in [9.17, 15) is 18.8 Å². The second kappa shape index (κ2) is 8.81. The highest BCUT2D eigenvalue weighted by Crippen LogP contribution is 2.38. The molecule has 0 bridgehead atoms. The number of ether oxygens (including phenoxy) is 1. The van der Waals surface area contributed by atoms with Crippen LogP contribution in [-0.4, -0.2) is 12.5 Å². The Labute approximate surface area is 188 Å². The Balaban J connectivity index is 1.62. The first-order chi connectivity index (χ1) is 15.4. The molecule has 0 spiro atoms. The van der Waals surface area contributed by atoms with Gasteiger partial charge in [0.05, 0.1) is 5.02 Å². The molecule has 0 unspecified atom stereocenters. The van der Waals surface area contributed by atoms with E-state index in [0.29, 0.717) is 12.6 Å². The quantitative estimate of drug-likeness (QED) is 0.449. The normalized spacial score (nSPS) is 15.5. The molecule has 0 N–H and O–H groups in total. The Bertz CT molecular complexity index is 1270. The number of nitriles is 1. The summed E-state index contributed by atoms with van der Waals surface area (Å²) in [4.78, 5) is 14.4. The van der Waals surface area contributed by atoms with Crippen molar-refractivity contribution in [3.05, 3.63) is 94.5 Å². The molecule has 1 aliphatic rings. The number of hydrogen-bond acceptors (Lipinski definition) is 3. The highest BCUT2D eigenvalue weighted by atomic mass is 35.5. The van der Waals surface area contributed by atoms with Gasteiger partial charge in [0.15, 0.2) is 5.75 Å². The van der Waals surface area contributed by atoms with E-state index < -0.39 is 17.2 Å². The van der Waals surface area contributed by atoms with Gasteiger partial charge in [0.25, 0.3) is 0 Å². The molecule has 0 radical (unpaired) electrons. The fourth-order valence-electron chi connectivity index (χ4n) is 3.71. The monoisotopic (exact) mass is 450 g/mol. The molecule has 4 rings (SSSR count). The smallest absolute Gasteiger partial charge is 0.227 e. The van der Waals surface area contributed by atoms with Crippen molar-refractivity contribution in [1.82, 2.24) is 0 Å². The van der Waals surface area contributed by atoms with Crippen molar-refractivity contribution in [2.75, 3.05) is 11.4 Å². The fraction of sp³-hybridized carbons (Fsp3) is 0.120. The molecule has 0 aromatic heterocycles. The van der Waals surface area contributed by atoms with E-state index in [-0.39, 0.29) is 34.8 Å². The minimum absolute atomic E-state index is 0.0207. The summed E-state index contributed by atoms with van der Waals surface area (Å²) in [6.45, 7) is 4.22. The van der Waals surface area contributed by atoms with Crippen molar-refractivity contribution in [3.63, 3.8) is 0 Å². The number of benzene rings is 3. The van der Waals surface area contributed by atoms with Crippen LogP contribution in [0.2, 0.25) is 5.02 Å². The Morgan fingerprint density at radius 2 is 1.97 bits per heavy atom. The van der Waals surface area contributed by atoms with Crippen LogP contribution in [0.4, 0.5) is 14.5 Å². The molecule has 1 aliphatic heterocycles. The van der Waals surface area contributed by atoms with Gasteiger partial charge in [-0.05, 0) is 35.4 Å². The summed E-state index contributed by atoms with van der Waals surface area (Å²) in [6, 6.07) is 15.8. The van der Waals surface area contributed by atoms with Crippen LogP contribution < -0.4 is 9.64 Å². The largest absolute Gasteiger partial charge is 0.454 e. The van der Waals surface area contributed by atoms with Crippen molar-refractivity contribution >= 4 is 29.3 Å². The summed E-state index contributed by atoms with van der Waals surface area (Å²) in [6.07, 6.45) is 2.01. The SMILES string of the molecule is C=Cc1cccc(N2C[C@@H](c3ccc(Cl)c(Oc4cc(F)cc(F)c4C#N)c3)CC2=O)c1. The number of halogens is 3. The van der Waals surface area contributed by atoms with E-state index in [4.69, 9.17) is 16.3 Å². The molecule has 0 saturated carbocycles. The third-order valence-corrected chi connectivity index (χ3v) is 5.63. The number of rotatable bonds is 5. The summed E-state index contributed by atoms with van der Waals surface area (Å²) in [5, 5.41) is 9.40. The number of carbonyl (C=O) groups excluding carboxylic acids is 1. The standard InChI is InChI=1S/C25H17ClF2N2O2/c1-2-15-4-3-5-19(8-15)30-14-17(10-25(30)31)16-6-7-21(26)24(9-16)32-23-12-18(27)11-22(28)20(23)13-29/h2-9,11-12,17H,1,10,14H2/t17-/m0/s1. The average Bonchev–Trinajstić information content (AvgIpc) is 3.16. The first-order valence-electron chi connectivity index (χ1n) is 9.79. The van der Waals surface area contributed by atoms with E-state index in [1.807, 2.05) is 24.3 Å². The molecule has 3 aromatic rings. The second-order valence-electron chi connectivity index (χ2n) is 7.37. The van der Waals surface area contributed by atoms with Crippen molar-refractivity contribution in [2.24, 2.45) is 0 Å². The van der Waals surface area contributed by atoms with Crippen molar-refractivity contribution in [2.45, 2.75) is 12.3 Å². The van der Waals surface area contributed by atoms with Gasteiger partial charge in [-0.25, -0.2) is 8.78 Å². The highest BCUT2D eigenvalue weighted by Gasteiger charge is 2.32. The van der Waals surface area contributed by atoms with Crippen LogP contribution in [0.5, 0.6) is 11.5 Å². The molecule has 0 aliphatic carbocycles. The highest BCUT2D eigenvalue weighted by molar-refractivity contribution is 6.32. The van der Waals surface area contributed by atoms with Gasteiger partial charge >= 0.3 is 0 Å². The summed E-state index contributed by atoms with van der Waals surface area (Å²) in [7, 11) is 0. The van der Waals surface area contributed by atoms with Gasteiger partial charge in [-0.1, -0.05) is 42.5 Å². The van der Waals surface area contributed by atoms with E-state index in [1.165, 1.54) is 0 Å². The lowest BCUT2D eigenvalue weighted by atomic mass is 9.98. The number of carbonyl (C=O) groups is 1. The third-order valence-electron chi connectivity index (χ3n) is 5.32. The third kappa shape index (κ3) is 4.20. The maximum absolute atomic E-state index is 13.9. The van der Waals surface area contributed by atoms with Crippen LogP contribution in [0.15, 0.2) is 61.2 Å². The van der Waals surface area contributed by atoms with Crippen LogP contribution in [0.25, 0.3) is 6.08 Å². The molecule has 3 aromatic carbocycles. The summed E-state index contributed by atoms with van der Waals surface area (Å²) >= 11 is 6.23. The first kappa shape index (κ1) is 21.5. The van der Waals surface area contributed by atoms with Crippen LogP contribution >= 0.6 is 11.6 Å². The minimum atomic E-state index is -1.02. The summed E-state index contributed by atoms with van der Waals surface area (Å²) < 4.78 is 33.2. The van der Waals surface area contributed by atoms with Crippen LogP contribution in [-0.2, 0) is 4.79 Å². The lowest BCUT2D eigenvalue weighted by Gasteiger charge is -2.18. The van der Waals surface area contributed by atoms with Crippen molar-refractivity contribution < 1.29 is 18.3 Å². The Kier molecular flexibility index (Phi) is 5.93. The zero-order chi connectivity index (χ0) is 22.8. The Morgan fingerprint density at radius 3 is 2.72 bits per heavy atom. The summed E-state index contributed by atoms with van der Waals surface area (Å²) in [5.41, 5.74) is 2.07. The zero-order valence-corrected chi connectivity index (χ0v) is 17.6. The topological polar surface area (TPSA) is 53.3 Å². The molecule has 1 atom stereocenters. The second-order valence-corrected chi connectivity index (χ2v) is 7.78. The van der Waals surface area contributed by atoms with Gasteiger partial charge in [0.1, 0.15) is 29.0 Å². The molecule has 160 valence electrons. The maximum atomic E-state index is 13.9. The first-order valence-corrected chi connectivity index (χ1v) is 10.2. The maximum Gasteiger partial charge on any atom is 0.227 e. The zero-order valence-electron chi connectivity index (χ0n) is 16.8. The van der Waals surface area contributed by atoms with Crippen LogP contribution in [0, 0.1) is 23.0 Å². The molecular weight excluding hydrogens is 434 g/mol.